The first-order valence-corrected chi connectivity index (χ1v) is 8.26. The molecule has 0 bridgehead atoms. The number of aryl methyl sites for hydroxylation is 1. The van der Waals surface area contributed by atoms with E-state index in [4.69, 9.17) is 4.52 Å². The van der Waals surface area contributed by atoms with E-state index < -0.39 is 0 Å². The lowest BCUT2D eigenvalue weighted by Gasteiger charge is -2.25. The summed E-state index contributed by atoms with van der Waals surface area (Å²) in [5, 5.41) is 3.95. The molecule has 124 valence electrons. The summed E-state index contributed by atoms with van der Waals surface area (Å²) in [6, 6.07) is 0. The van der Waals surface area contributed by atoms with Crippen molar-refractivity contribution < 1.29 is 9.32 Å². The molecule has 0 radical (unpaired) electrons. The number of hydrogen-bond donors (Lipinski definition) is 0. The minimum atomic E-state index is 0.117. The van der Waals surface area contributed by atoms with Gasteiger partial charge in [0.15, 0.2) is 5.82 Å². The molecular formula is C16H28N4O2. The number of aromatic nitrogens is 2. The third-order valence-electron chi connectivity index (χ3n) is 4.08. The summed E-state index contributed by atoms with van der Waals surface area (Å²) in [7, 11) is 0. The van der Waals surface area contributed by atoms with Crippen LogP contribution in [0.3, 0.4) is 0 Å². The molecule has 1 fully saturated rings. The lowest BCUT2D eigenvalue weighted by Crippen LogP contribution is -2.38. The molecule has 1 aromatic heterocycles. The second-order valence-corrected chi connectivity index (χ2v) is 6.72. The van der Waals surface area contributed by atoms with Crippen molar-refractivity contribution in [2.24, 2.45) is 11.8 Å². The number of rotatable bonds is 5. The van der Waals surface area contributed by atoms with E-state index in [1.165, 1.54) is 0 Å². The third kappa shape index (κ3) is 4.80. The summed E-state index contributed by atoms with van der Waals surface area (Å²) >= 11 is 0. The number of carbonyl (C=O) groups is 1. The van der Waals surface area contributed by atoms with Crippen molar-refractivity contribution in [1.29, 1.82) is 0 Å². The maximum absolute atomic E-state index is 12.5. The van der Waals surface area contributed by atoms with Crippen molar-refractivity contribution >= 4 is 5.91 Å². The molecule has 2 rings (SSSR count). The molecule has 2 heterocycles. The first-order valence-electron chi connectivity index (χ1n) is 8.26. The van der Waals surface area contributed by atoms with Crippen molar-refractivity contribution in [2.45, 2.75) is 47.1 Å². The van der Waals surface area contributed by atoms with Crippen LogP contribution < -0.4 is 0 Å². The van der Waals surface area contributed by atoms with Crippen LogP contribution >= 0.6 is 0 Å². The van der Waals surface area contributed by atoms with Crippen LogP contribution in [0.4, 0.5) is 0 Å². The fourth-order valence-corrected chi connectivity index (χ4v) is 3.07. The normalized spacial score (nSPS) is 18.5. The molecule has 6 nitrogen and oxygen atoms in total. The maximum Gasteiger partial charge on any atom is 0.225 e. The molecule has 0 saturated carbocycles. The molecule has 1 aliphatic rings. The predicted octanol–water partition coefficient (Wildman–Crippen LogP) is 2.09. The average Bonchev–Trinajstić information content (AvgIpc) is 2.72. The monoisotopic (exact) mass is 308 g/mol. The highest BCUT2D eigenvalue weighted by molar-refractivity contribution is 5.78. The molecule has 0 spiro atoms. The molecule has 0 N–H and O–H groups in total. The summed E-state index contributed by atoms with van der Waals surface area (Å²) < 4.78 is 5.01. The van der Waals surface area contributed by atoms with E-state index in [9.17, 15) is 4.79 Å². The summed E-state index contributed by atoms with van der Waals surface area (Å²) in [6.45, 7) is 12.4. The number of carbonyl (C=O) groups excluding carboxylic acids is 1. The largest absolute Gasteiger partial charge is 0.341 e. The van der Waals surface area contributed by atoms with Crippen molar-refractivity contribution in [3.05, 3.63) is 11.7 Å². The highest BCUT2D eigenvalue weighted by Gasteiger charge is 2.24. The lowest BCUT2D eigenvalue weighted by molar-refractivity contribution is -0.135. The van der Waals surface area contributed by atoms with Gasteiger partial charge in [0.25, 0.3) is 0 Å². The molecule has 0 aromatic carbocycles. The summed E-state index contributed by atoms with van der Waals surface area (Å²) in [5.41, 5.74) is 0. The van der Waals surface area contributed by atoms with Gasteiger partial charge >= 0.3 is 0 Å². The number of amides is 1. The van der Waals surface area contributed by atoms with E-state index in [1.54, 1.807) is 6.92 Å². The van der Waals surface area contributed by atoms with Crippen LogP contribution in [0.5, 0.6) is 0 Å². The summed E-state index contributed by atoms with van der Waals surface area (Å²) in [6.07, 6.45) is 1.96. The van der Waals surface area contributed by atoms with Gasteiger partial charge < -0.3 is 9.42 Å². The van der Waals surface area contributed by atoms with Gasteiger partial charge in [-0.05, 0) is 18.8 Å². The van der Waals surface area contributed by atoms with Crippen molar-refractivity contribution in [2.75, 3.05) is 26.2 Å². The molecule has 1 aliphatic heterocycles. The van der Waals surface area contributed by atoms with Gasteiger partial charge in [-0.15, -0.1) is 0 Å². The van der Waals surface area contributed by atoms with E-state index in [-0.39, 0.29) is 5.92 Å². The fourth-order valence-electron chi connectivity index (χ4n) is 3.07. The minimum absolute atomic E-state index is 0.117. The van der Waals surface area contributed by atoms with Gasteiger partial charge in [-0.2, -0.15) is 4.98 Å². The van der Waals surface area contributed by atoms with Crippen LogP contribution in [0.2, 0.25) is 0 Å². The Morgan fingerprint density at radius 3 is 2.64 bits per heavy atom. The molecule has 1 amide bonds. The Morgan fingerprint density at radius 2 is 2.00 bits per heavy atom. The summed E-state index contributed by atoms with van der Waals surface area (Å²) in [5.74, 6) is 2.30. The van der Waals surface area contributed by atoms with Crippen LogP contribution in [0.15, 0.2) is 4.52 Å². The Morgan fingerprint density at radius 1 is 1.23 bits per heavy atom. The molecule has 1 unspecified atom stereocenters. The topological polar surface area (TPSA) is 62.5 Å². The Kier molecular flexibility index (Phi) is 5.94. The standard InChI is InChI=1S/C16H28N4O2/c1-12(2)10-13(3)16(21)20-7-5-6-19(8-9-20)11-15-17-14(4)22-18-15/h12-13H,5-11H2,1-4H3. The van der Waals surface area contributed by atoms with Gasteiger partial charge in [-0.1, -0.05) is 25.9 Å². The zero-order valence-corrected chi connectivity index (χ0v) is 14.2. The number of nitrogens with zero attached hydrogens (tertiary/aromatic N) is 4. The first-order chi connectivity index (χ1) is 10.5. The van der Waals surface area contributed by atoms with Gasteiger partial charge in [0.2, 0.25) is 11.8 Å². The molecule has 6 heteroatoms. The zero-order valence-electron chi connectivity index (χ0n) is 14.2. The van der Waals surface area contributed by atoms with Crippen molar-refractivity contribution in [3.8, 4) is 0 Å². The smallest absolute Gasteiger partial charge is 0.225 e. The van der Waals surface area contributed by atoms with E-state index in [2.05, 4.69) is 28.9 Å². The number of hydrogen-bond acceptors (Lipinski definition) is 5. The van der Waals surface area contributed by atoms with Crippen LogP contribution in [-0.4, -0.2) is 52.0 Å². The fraction of sp³-hybridized carbons (Fsp3) is 0.812. The molecule has 1 saturated heterocycles. The van der Waals surface area contributed by atoms with E-state index in [0.717, 1.165) is 44.8 Å². The Balaban J connectivity index is 1.85. The van der Waals surface area contributed by atoms with Crippen LogP contribution in [-0.2, 0) is 11.3 Å². The van der Waals surface area contributed by atoms with E-state index in [0.29, 0.717) is 24.3 Å². The highest BCUT2D eigenvalue weighted by Crippen LogP contribution is 2.16. The van der Waals surface area contributed by atoms with E-state index in [1.807, 2.05) is 11.8 Å². The lowest BCUT2D eigenvalue weighted by atomic mass is 9.97. The summed E-state index contributed by atoms with van der Waals surface area (Å²) in [4.78, 5) is 21.1. The van der Waals surface area contributed by atoms with E-state index >= 15 is 0 Å². The van der Waals surface area contributed by atoms with Gasteiger partial charge in [0.1, 0.15) is 0 Å². The van der Waals surface area contributed by atoms with Crippen molar-refractivity contribution in [3.63, 3.8) is 0 Å². The molecule has 1 atom stereocenters. The molecule has 0 aliphatic carbocycles. The van der Waals surface area contributed by atoms with Crippen LogP contribution in [0.1, 0.15) is 45.3 Å². The zero-order chi connectivity index (χ0) is 16.1. The van der Waals surface area contributed by atoms with Gasteiger partial charge in [0.05, 0.1) is 6.54 Å². The predicted molar refractivity (Wildman–Crippen MR) is 84.1 cm³/mol. The van der Waals surface area contributed by atoms with Crippen molar-refractivity contribution in [1.82, 2.24) is 19.9 Å². The minimum Gasteiger partial charge on any atom is -0.341 e. The van der Waals surface area contributed by atoms with Gasteiger partial charge in [-0.3, -0.25) is 9.69 Å². The highest BCUT2D eigenvalue weighted by atomic mass is 16.5. The van der Waals surface area contributed by atoms with Crippen LogP contribution in [0.25, 0.3) is 0 Å². The Labute approximate surface area is 132 Å². The quantitative estimate of drug-likeness (QED) is 0.833. The maximum atomic E-state index is 12.5. The Bertz CT molecular complexity index is 486. The first kappa shape index (κ1) is 16.9. The van der Waals surface area contributed by atoms with Gasteiger partial charge in [-0.25, -0.2) is 0 Å². The van der Waals surface area contributed by atoms with Gasteiger partial charge in [0, 0.05) is 39.0 Å². The SMILES string of the molecule is Cc1nc(CN2CCCN(C(=O)C(C)CC(C)C)CC2)no1. The molecule has 22 heavy (non-hydrogen) atoms. The average molecular weight is 308 g/mol. The third-order valence-corrected chi connectivity index (χ3v) is 4.08. The Hall–Kier alpha value is -1.43. The molecular weight excluding hydrogens is 280 g/mol. The second-order valence-electron chi connectivity index (χ2n) is 6.72. The second kappa shape index (κ2) is 7.72. The molecule has 1 aromatic rings. The van der Waals surface area contributed by atoms with Crippen LogP contribution in [0, 0.1) is 18.8 Å².